The molecule has 2 aliphatic carbocycles. The molecule has 1 aromatic heterocycles. The maximum absolute atomic E-state index is 13.2. The number of aromatic nitrogens is 1. The standard InChI is InChI=1S/C27H28N4O4/c32-24-18-11-27(12-18,26(34)29-24)31-15-17-10-20(4-5-21(17)25(31)33)35-23-3-1-2-22(23)30-13-19(14-30)16-6-8-28-9-7-16/h4-10,18-19,22-23H,1-3,11-15H2,(H,29,32,34). The molecule has 1 N–H and O–H groups in total. The van der Waals surface area contributed by atoms with Gasteiger partial charge in [0, 0.05) is 55.5 Å². The van der Waals surface area contributed by atoms with E-state index in [0.717, 1.165) is 43.7 Å². The molecule has 1 aromatic carbocycles. The highest BCUT2D eigenvalue weighted by Gasteiger charge is 2.63. The van der Waals surface area contributed by atoms with Crippen LogP contribution >= 0.6 is 0 Å². The van der Waals surface area contributed by atoms with Gasteiger partial charge in [0.1, 0.15) is 17.4 Å². The van der Waals surface area contributed by atoms with E-state index >= 15 is 0 Å². The lowest BCUT2D eigenvalue weighted by molar-refractivity contribution is -0.160. The largest absolute Gasteiger partial charge is 0.489 e. The molecular weight excluding hydrogens is 444 g/mol. The lowest BCUT2D eigenvalue weighted by Gasteiger charge is -2.53. The fourth-order valence-corrected chi connectivity index (χ4v) is 6.78. The number of nitrogens with one attached hydrogen (secondary N) is 1. The molecule has 8 nitrogen and oxygen atoms in total. The highest BCUT2D eigenvalue weighted by Crippen LogP contribution is 2.49. The average molecular weight is 473 g/mol. The number of fused-ring (bicyclic) bond motifs is 3. The quantitative estimate of drug-likeness (QED) is 0.671. The molecule has 180 valence electrons. The van der Waals surface area contributed by atoms with Crippen LogP contribution in [-0.4, -0.2) is 63.3 Å². The lowest BCUT2D eigenvalue weighted by Crippen LogP contribution is -2.73. The van der Waals surface area contributed by atoms with Gasteiger partial charge in [-0.3, -0.25) is 29.6 Å². The van der Waals surface area contributed by atoms with E-state index in [2.05, 4.69) is 27.3 Å². The third-order valence-corrected chi connectivity index (χ3v) is 8.86. The van der Waals surface area contributed by atoms with Gasteiger partial charge >= 0.3 is 0 Å². The molecule has 0 spiro atoms. The number of ether oxygens (including phenoxy) is 1. The number of carbonyl (C=O) groups is 3. The minimum absolute atomic E-state index is 0.129. The molecule has 2 aromatic rings. The summed E-state index contributed by atoms with van der Waals surface area (Å²) in [5.74, 6) is 0.508. The molecule has 6 aliphatic rings. The second kappa shape index (κ2) is 7.62. The van der Waals surface area contributed by atoms with Gasteiger partial charge in [0.05, 0.1) is 0 Å². The molecule has 3 amide bonds. The van der Waals surface area contributed by atoms with Crippen molar-refractivity contribution in [3.63, 3.8) is 0 Å². The number of imide groups is 1. The zero-order valence-electron chi connectivity index (χ0n) is 19.5. The van der Waals surface area contributed by atoms with E-state index in [9.17, 15) is 14.4 Å². The fourth-order valence-electron chi connectivity index (χ4n) is 6.78. The third kappa shape index (κ3) is 3.15. The summed E-state index contributed by atoms with van der Waals surface area (Å²) in [6, 6.07) is 10.3. The molecular formula is C27H28N4O4. The van der Waals surface area contributed by atoms with Crippen molar-refractivity contribution < 1.29 is 19.1 Å². The molecule has 8 heteroatoms. The molecule has 2 atom stereocenters. The van der Waals surface area contributed by atoms with Gasteiger partial charge in [0.15, 0.2) is 0 Å². The van der Waals surface area contributed by atoms with E-state index in [4.69, 9.17) is 4.74 Å². The number of rotatable bonds is 5. The maximum atomic E-state index is 13.2. The number of benzene rings is 1. The summed E-state index contributed by atoms with van der Waals surface area (Å²) in [6.07, 6.45) is 8.05. The Kier molecular flexibility index (Phi) is 4.58. The van der Waals surface area contributed by atoms with Crippen molar-refractivity contribution in [2.24, 2.45) is 5.92 Å². The van der Waals surface area contributed by atoms with E-state index in [1.54, 1.807) is 4.90 Å². The van der Waals surface area contributed by atoms with Crippen LogP contribution in [0.25, 0.3) is 0 Å². The minimum Gasteiger partial charge on any atom is -0.489 e. The van der Waals surface area contributed by atoms with Crippen molar-refractivity contribution >= 4 is 17.7 Å². The van der Waals surface area contributed by atoms with Crippen LogP contribution in [0, 0.1) is 5.92 Å². The number of hydrogen-bond donors (Lipinski definition) is 1. The number of piperidine rings is 2. The van der Waals surface area contributed by atoms with Crippen LogP contribution in [0.3, 0.4) is 0 Å². The number of amides is 3. The average Bonchev–Trinajstić information content (AvgIpc) is 3.37. The van der Waals surface area contributed by atoms with Crippen molar-refractivity contribution in [3.8, 4) is 5.75 Å². The second-order valence-electron chi connectivity index (χ2n) is 10.8. The van der Waals surface area contributed by atoms with Crippen LogP contribution in [0.5, 0.6) is 5.75 Å². The van der Waals surface area contributed by atoms with Crippen LogP contribution in [0.4, 0.5) is 0 Å². The van der Waals surface area contributed by atoms with Crippen molar-refractivity contribution in [2.75, 3.05) is 13.1 Å². The van der Waals surface area contributed by atoms with E-state index in [0.29, 0.717) is 36.9 Å². The van der Waals surface area contributed by atoms with E-state index < -0.39 is 5.54 Å². The third-order valence-electron chi connectivity index (χ3n) is 8.86. The Labute approximate surface area is 203 Å². The van der Waals surface area contributed by atoms with Crippen LogP contribution in [-0.2, 0) is 16.1 Å². The van der Waals surface area contributed by atoms with Gasteiger partial charge in [-0.05, 0) is 73.6 Å². The van der Waals surface area contributed by atoms with Gasteiger partial charge in [0.2, 0.25) is 5.91 Å². The van der Waals surface area contributed by atoms with Crippen molar-refractivity contribution in [1.82, 2.24) is 20.1 Å². The summed E-state index contributed by atoms with van der Waals surface area (Å²) in [4.78, 5) is 46.0. The normalized spacial score (nSPS) is 32.2. The Hall–Kier alpha value is -3.26. The van der Waals surface area contributed by atoms with E-state index in [-0.39, 0.29) is 29.7 Å². The maximum Gasteiger partial charge on any atom is 0.255 e. The number of nitrogens with zero attached hydrogens (tertiary/aromatic N) is 3. The van der Waals surface area contributed by atoms with Crippen LogP contribution < -0.4 is 10.1 Å². The number of carbonyl (C=O) groups excluding carboxylic acids is 3. The van der Waals surface area contributed by atoms with Crippen molar-refractivity contribution in [2.45, 2.75) is 62.3 Å². The van der Waals surface area contributed by atoms with E-state index in [1.165, 1.54) is 5.56 Å². The van der Waals surface area contributed by atoms with Gasteiger partial charge in [-0.1, -0.05) is 0 Å². The Morgan fingerprint density at radius 1 is 1.00 bits per heavy atom. The van der Waals surface area contributed by atoms with Gasteiger partial charge in [0.25, 0.3) is 11.8 Å². The molecule has 2 saturated carbocycles. The summed E-state index contributed by atoms with van der Waals surface area (Å²) < 4.78 is 6.49. The number of pyridine rings is 1. The zero-order chi connectivity index (χ0) is 23.7. The van der Waals surface area contributed by atoms with Crippen LogP contribution in [0.2, 0.25) is 0 Å². The first-order valence-electron chi connectivity index (χ1n) is 12.6. The molecule has 4 aliphatic heterocycles. The number of likely N-dealkylation sites (tertiary alicyclic amines) is 1. The highest BCUT2D eigenvalue weighted by molar-refractivity contribution is 6.10. The van der Waals surface area contributed by atoms with Crippen LogP contribution in [0.15, 0.2) is 42.7 Å². The smallest absolute Gasteiger partial charge is 0.255 e. The zero-order valence-corrected chi connectivity index (χ0v) is 19.5. The molecule has 35 heavy (non-hydrogen) atoms. The Morgan fingerprint density at radius 2 is 1.80 bits per heavy atom. The Balaban J connectivity index is 1.03. The van der Waals surface area contributed by atoms with Crippen molar-refractivity contribution in [3.05, 3.63) is 59.4 Å². The predicted octanol–water partition coefficient (Wildman–Crippen LogP) is 2.24. The Bertz CT molecular complexity index is 1220. The topological polar surface area (TPSA) is 91.8 Å². The summed E-state index contributed by atoms with van der Waals surface area (Å²) in [5.41, 5.74) is 2.00. The van der Waals surface area contributed by atoms with Crippen molar-refractivity contribution in [1.29, 1.82) is 0 Å². The summed E-state index contributed by atoms with van der Waals surface area (Å²) >= 11 is 0. The van der Waals surface area contributed by atoms with Gasteiger partial charge < -0.3 is 9.64 Å². The van der Waals surface area contributed by atoms with E-state index in [1.807, 2.05) is 30.6 Å². The monoisotopic (exact) mass is 472 g/mol. The molecule has 2 unspecified atom stereocenters. The molecule has 5 fully saturated rings. The summed E-state index contributed by atoms with van der Waals surface area (Å²) in [5, 5.41) is 2.44. The first kappa shape index (κ1) is 21.1. The molecule has 5 heterocycles. The number of hydrogen-bond acceptors (Lipinski definition) is 6. The molecule has 0 radical (unpaired) electrons. The Morgan fingerprint density at radius 3 is 2.57 bits per heavy atom. The van der Waals surface area contributed by atoms with Gasteiger partial charge in [-0.25, -0.2) is 0 Å². The summed E-state index contributed by atoms with van der Waals surface area (Å²) in [7, 11) is 0. The second-order valence-corrected chi connectivity index (χ2v) is 10.8. The summed E-state index contributed by atoms with van der Waals surface area (Å²) in [6.45, 7) is 2.49. The fraction of sp³-hybridized carbons (Fsp3) is 0.481. The molecule has 2 bridgehead atoms. The minimum atomic E-state index is -0.880. The van der Waals surface area contributed by atoms with Gasteiger partial charge in [-0.2, -0.15) is 0 Å². The SMILES string of the molecule is O=C1NC(=O)C2(N3Cc4cc(OC5CCCC5N5CC(c6ccncc6)C5)ccc4C3=O)CC1C2. The highest BCUT2D eigenvalue weighted by atomic mass is 16.5. The molecule has 8 rings (SSSR count). The van der Waals surface area contributed by atoms with Crippen LogP contribution in [0.1, 0.15) is 59.5 Å². The van der Waals surface area contributed by atoms with Gasteiger partial charge in [-0.15, -0.1) is 0 Å². The molecule has 3 saturated heterocycles. The predicted molar refractivity (Wildman–Crippen MR) is 126 cm³/mol. The first-order chi connectivity index (χ1) is 17.0. The lowest BCUT2D eigenvalue weighted by atomic mass is 9.63. The first-order valence-corrected chi connectivity index (χ1v) is 12.6.